The molecule has 6 heteroatoms. The van der Waals surface area contributed by atoms with Crippen LogP contribution >= 0.6 is 11.6 Å². The van der Waals surface area contributed by atoms with Crippen molar-refractivity contribution in [3.63, 3.8) is 0 Å². The maximum atomic E-state index is 11.9. The molecule has 0 unspecified atom stereocenters. The topological polar surface area (TPSA) is 41.8 Å². The largest absolute Gasteiger partial charge is 0.434 e. The number of hydrogen-bond acceptors (Lipinski definition) is 3. The lowest BCUT2D eigenvalue weighted by molar-refractivity contribution is -0.0499. The van der Waals surface area contributed by atoms with Gasteiger partial charge in [0.25, 0.3) is 0 Å². The predicted octanol–water partition coefficient (Wildman–Crippen LogP) is 2.75. The maximum absolute atomic E-state index is 11.9. The Labute approximate surface area is 83.6 Å². The Bertz CT molecular complexity index is 344. The van der Waals surface area contributed by atoms with Crippen molar-refractivity contribution in [3.8, 4) is 5.75 Å². The molecule has 0 fully saturated rings. The van der Waals surface area contributed by atoms with Crippen LogP contribution < -0.4 is 4.74 Å². The molecule has 0 atom stereocenters. The van der Waals surface area contributed by atoms with E-state index < -0.39 is 6.61 Å². The number of ether oxygens (including phenoxy) is 1. The lowest BCUT2D eigenvalue weighted by Gasteiger charge is -2.07. The van der Waals surface area contributed by atoms with Crippen molar-refractivity contribution in [2.24, 2.45) is 5.16 Å². The standard InChI is InChI=1S/C8H6ClF2NO2/c9-6-2-1-3-7(14-8(10)11)5(6)4-12-13/h1-4,8,13H/b12-4+. The summed E-state index contributed by atoms with van der Waals surface area (Å²) >= 11 is 5.66. The summed E-state index contributed by atoms with van der Waals surface area (Å²) in [5.41, 5.74) is 0.108. The Balaban J connectivity index is 3.07. The van der Waals surface area contributed by atoms with Crippen LogP contribution in [0.1, 0.15) is 5.56 Å². The molecule has 0 aliphatic carbocycles. The minimum Gasteiger partial charge on any atom is -0.434 e. The first kappa shape index (κ1) is 10.7. The lowest BCUT2D eigenvalue weighted by atomic mass is 10.2. The van der Waals surface area contributed by atoms with E-state index in [1.807, 2.05) is 0 Å². The summed E-state index contributed by atoms with van der Waals surface area (Å²) in [4.78, 5) is 0. The molecule has 1 aromatic carbocycles. The molecule has 0 aromatic heterocycles. The monoisotopic (exact) mass is 221 g/mol. The molecule has 14 heavy (non-hydrogen) atoms. The highest BCUT2D eigenvalue weighted by atomic mass is 35.5. The van der Waals surface area contributed by atoms with Gasteiger partial charge in [-0.2, -0.15) is 8.78 Å². The highest BCUT2D eigenvalue weighted by molar-refractivity contribution is 6.33. The van der Waals surface area contributed by atoms with Crippen LogP contribution in [0.15, 0.2) is 23.4 Å². The molecule has 0 spiro atoms. The average Bonchev–Trinajstić information content (AvgIpc) is 2.10. The number of alkyl halides is 2. The second kappa shape index (κ2) is 4.76. The van der Waals surface area contributed by atoms with Gasteiger partial charge in [0, 0.05) is 0 Å². The third-order valence-corrected chi connectivity index (χ3v) is 1.75. The molecule has 0 saturated carbocycles. The van der Waals surface area contributed by atoms with E-state index in [1.165, 1.54) is 18.2 Å². The summed E-state index contributed by atoms with van der Waals surface area (Å²) in [5, 5.41) is 11.1. The number of halogens is 3. The van der Waals surface area contributed by atoms with Crippen molar-refractivity contribution < 1.29 is 18.7 Å². The highest BCUT2D eigenvalue weighted by Crippen LogP contribution is 2.25. The molecule has 0 heterocycles. The minimum absolute atomic E-state index is 0.108. The van der Waals surface area contributed by atoms with E-state index in [9.17, 15) is 8.78 Å². The summed E-state index contributed by atoms with van der Waals surface area (Å²) in [6.07, 6.45) is 0.931. The van der Waals surface area contributed by atoms with Gasteiger partial charge in [-0.1, -0.05) is 22.8 Å². The first-order valence-corrected chi connectivity index (χ1v) is 3.93. The lowest BCUT2D eigenvalue weighted by Crippen LogP contribution is -2.04. The molecule has 1 N–H and O–H groups in total. The van der Waals surface area contributed by atoms with Gasteiger partial charge >= 0.3 is 6.61 Å². The molecular formula is C8H6ClF2NO2. The fraction of sp³-hybridized carbons (Fsp3) is 0.125. The zero-order chi connectivity index (χ0) is 10.6. The number of oxime groups is 1. The van der Waals surface area contributed by atoms with Gasteiger partial charge in [0.15, 0.2) is 0 Å². The summed E-state index contributed by atoms with van der Waals surface area (Å²) in [6, 6.07) is 4.22. The van der Waals surface area contributed by atoms with E-state index in [4.69, 9.17) is 16.8 Å². The summed E-state index contributed by atoms with van der Waals surface area (Å²) in [5.74, 6) is -0.134. The number of rotatable bonds is 3. The quantitative estimate of drug-likeness (QED) is 0.484. The average molecular weight is 222 g/mol. The van der Waals surface area contributed by atoms with Gasteiger partial charge in [-0.15, -0.1) is 0 Å². The van der Waals surface area contributed by atoms with Crippen LogP contribution in [0.5, 0.6) is 5.75 Å². The second-order valence-corrected chi connectivity index (χ2v) is 2.68. The molecule has 1 aromatic rings. The Morgan fingerprint density at radius 2 is 2.21 bits per heavy atom. The van der Waals surface area contributed by atoms with Gasteiger partial charge in [-0.3, -0.25) is 0 Å². The van der Waals surface area contributed by atoms with Crippen molar-refractivity contribution in [1.29, 1.82) is 0 Å². The van der Waals surface area contributed by atoms with Crippen LogP contribution in [0, 0.1) is 0 Å². The fourth-order valence-electron chi connectivity index (χ4n) is 0.899. The fourth-order valence-corrected chi connectivity index (χ4v) is 1.11. The van der Waals surface area contributed by atoms with E-state index in [0.717, 1.165) is 6.21 Å². The van der Waals surface area contributed by atoms with Crippen molar-refractivity contribution in [1.82, 2.24) is 0 Å². The van der Waals surface area contributed by atoms with Crippen LogP contribution in [0.25, 0.3) is 0 Å². The molecule has 0 saturated heterocycles. The van der Waals surface area contributed by atoms with Gasteiger partial charge in [-0.05, 0) is 12.1 Å². The minimum atomic E-state index is -2.95. The zero-order valence-electron chi connectivity index (χ0n) is 6.82. The van der Waals surface area contributed by atoms with Crippen molar-refractivity contribution in [2.75, 3.05) is 0 Å². The van der Waals surface area contributed by atoms with Crippen LogP contribution in [0.4, 0.5) is 8.78 Å². The summed E-state index contributed by atoms with van der Waals surface area (Å²) in [6.45, 7) is -2.95. The normalized spacial score (nSPS) is 11.1. The molecule has 3 nitrogen and oxygen atoms in total. The Hall–Kier alpha value is -1.36. The zero-order valence-corrected chi connectivity index (χ0v) is 7.58. The van der Waals surface area contributed by atoms with E-state index in [0.29, 0.717) is 0 Å². The van der Waals surface area contributed by atoms with Crippen LogP contribution in [0.2, 0.25) is 5.02 Å². The van der Waals surface area contributed by atoms with Crippen LogP contribution in [-0.2, 0) is 0 Å². The van der Waals surface area contributed by atoms with E-state index in [2.05, 4.69) is 9.89 Å². The molecule has 0 aliphatic rings. The van der Waals surface area contributed by atoms with Crippen LogP contribution in [-0.4, -0.2) is 18.0 Å². The molecule has 0 amide bonds. The first-order chi connectivity index (χ1) is 6.65. The van der Waals surface area contributed by atoms with Gasteiger partial charge in [0.2, 0.25) is 0 Å². The molecule has 0 bridgehead atoms. The van der Waals surface area contributed by atoms with E-state index >= 15 is 0 Å². The highest BCUT2D eigenvalue weighted by Gasteiger charge is 2.10. The third kappa shape index (κ3) is 2.56. The van der Waals surface area contributed by atoms with Gasteiger partial charge < -0.3 is 9.94 Å². The molecule has 76 valence electrons. The maximum Gasteiger partial charge on any atom is 0.387 e. The first-order valence-electron chi connectivity index (χ1n) is 3.56. The number of nitrogens with zero attached hydrogens (tertiary/aromatic N) is 1. The Morgan fingerprint density at radius 3 is 2.79 bits per heavy atom. The van der Waals surface area contributed by atoms with Gasteiger partial charge in [0.1, 0.15) is 5.75 Å². The Morgan fingerprint density at radius 1 is 1.50 bits per heavy atom. The van der Waals surface area contributed by atoms with Crippen molar-refractivity contribution in [2.45, 2.75) is 6.61 Å². The molecular weight excluding hydrogens is 216 g/mol. The second-order valence-electron chi connectivity index (χ2n) is 2.27. The SMILES string of the molecule is O/N=C/c1c(Cl)cccc1OC(F)F. The van der Waals surface area contributed by atoms with Crippen molar-refractivity contribution >= 4 is 17.8 Å². The summed E-state index contributed by atoms with van der Waals surface area (Å²) < 4.78 is 28.0. The van der Waals surface area contributed by atoms with Crippen LogP contribution in [0.3, 0.4) is 0 Å². The molecule has 1 rings (SSSR count). The number of hydrogen-bond donors (Lipinski definition) is 1. The predicted molar refractivity (Wildman–Crippen MR) is 47.5 cm³/mol. The van der Waals surface area contributed by atoms with Crippen molar-refractivity contribution in [3.05, 3.63) is 28.8 Å². The summed E-state index contributed by atoms with van der Waals surface area (Å²) in [7, 11) is 0. The molecule has 0 radical (unpaired) electrons. The van der Waals surface area contributed by atoms with E-state index in [1.54, 1.807) is 0 Å². The smallest absolute Gasteiger partial charge is 0.387 e. The Kier molecular flexibility index (Phi) is 3.64. The van der Waals surface area contributed by atoms with Gasteiger partial charge in [0.05, 0.1) is 16.8 Å². The molecule has 0 aliphatic heterocycles. The van der Waals surface area contributed by atoms with Gasteiger partial charge in [-0.25, -0.2) is 0 Å². The van der Waals surface area contributed by atoms with E-state index in [-0.39, 0.29) is 16.3 Å². The third-order valence-electron chi connectivity index (χ3n) is 1.42. The number of benzene rings is 1.